The number of halogens is 1. The summed E-state index contributed by atoms with van der Waals surface area (Å²) >= 11 is 5.44. The maximum absolute atomic E-state index is 11.2. The first-order chi connectivity index (χ1) is 6.70. The molecule has 2 N–H and O–H groups in total. The molecule has 1 unspecified atom stereocenters. The van der Waals surface area contributed by atoms with Gasteiger partial charge in [0.2, 0.25) is 0 Å². The Labute approximate surface area is 91.6 Å². The maximum Gasteiger partial charge on any atom is 0.315 e. The lowest BCUT2D eigenvalue weighted by atomic mass is 10.1. The molecular weight excluding hydrogens is 200 g/mol. The van der Waals surface area contributed by atoms with Gasteiger partial charge in [-0.15, -0.1) is 11.6 Å². The molecule has 0 saturated carbocycles. The molecule has 84 valence electrons. The highest BCUT2D eigenvalue weighted by molar-refractivity contribution is 6.18. The van der Waals surface area contributed by atoms with Gasteiger partial charge >= 0.3 is 6.03 Å². The summed E-state index contributed by atoms with van der Waals surface area (Å²) in [6.45, 7) is 4.72. The Morgan fingerprint density at radius 3 is 2.71 bits per heavy atom. The minimum atomic E-state index is -0.116. The van der Waals surface area contributed by atoms with E-state index in [4.69, 9.17) is 11.6 Å². The van der Waals surface area contributed by atoms with Crippen molar-refractivity contribution in [1.29, 1.82) is 0 Å². The highest BCUT2D eigenvalue weighted by Gasteiger charge is 2.05. The number of urea groups is 1. The molecule has 0 aliphatic rings. The summed E-state index contributed by atoms with van der Waals surface area (Å²) in [5.41, 5.74) is 0. The predicted octanol–water partition coefficient (Wildman–Crippen LogP) is 2.49. The number of hydrogen-bond acceptors (Lipinski definition) is 1. The first kappa shape index (κ1) is 13.6. The number of nitrogens with one attached hydrogen (secondary N) is 2. The summed E-state index contributed by atoms with van der Waals surface area (Å²) in [5.74, 6) is 0.456. The summed E-state index contributed by atoms with van der Waals surface area (Å²) in [4.78, 5) is 11.2. The van der Waals surface area contributed by atoms with Crippen molar-refractivity contribution in [3.63, 3.8) is 0 Å². The highest BCUT2D eigenvalue weighted by atomic mass is 35.5. The highest BCUT2D eigenvalue weighted by Crippen LogP contribution is 2.02. The summed E-state index contributed by atoms with van der Waals surface area (Å²) in [6, 6.07) is 0.131. The van der Waals surface area contributed by atoms with Gasteiger partial charge in [0, 0.05) is 18.5 Å². The van der Waals surface area contributed by atoms with Crippen LogP contribution in [0.4, 0.5) is 4.79 Å². The van der Waals surface area contributed by atoms with Crippen molar-refractivity contribution in [2.24, 2.45) is 0 Å². The van der Waals surface area contributed by atoms with Crippen molar-refractivity contribution in [3.8, 4) is 0 Å². The minimum absolute atomic E-state index is 0.116. The molecule has 0 rings (SSSR count). The van der Waals surface area contributed by atoms with E-state index in [0.717, 1.165) is 6.42 Å². The molecular formula is C10H21ClN2O. The zero-order chi connectivity index (χ0) is 10.8. The average molecular weight is 221 g/mol. The van der Waals surface area contributed by atoms with E-state index in [1.807, 2.05) is 6.92 Å². The van der Waals surface area contributed by atoms with Crippen LogP contribution in [0.2, 0.25) is 0 Å². The van der Waals surface area contributed by atoms with E-state index >= 15 is 0 Å². The molecule has 0 aromatic heterocycles. The number of carbonyl (C=O) groups excluding carboxylic acids is 1. The largest absolute Gasteiger partial charge is 0.337 e. The van der Waals surface area contributed by atoms with Crippen molar-refractivity contribution in [2.75, 3.05) is 12.4 Å². The van der Waals surface area contributed by atoms with Crippen molar-refractivity contribution in [1.82, 2.24) is 10.6 Å². The van der Waals surface area contributed by atoms with E-state index in [1.54, 1.807) is 0 Å². The molecule has 2 amide bonds. The van der Waals surface area contributed by atoms with Crippen LogP contribution < -0.4 is 10.6 Å². The van der Waals surface area contributed by atoms with Crippen molar-refractivity contribution < 1.29 is 4.79 Å². The van der Waals surface area contributed by atoms with Crippen LogP contribution >= 0.6 is 11.6 Å². The molecule has 0 heterocycles. The predicted molar refractivity (Wildman–Crippen MR) is 60.9 cm³/mol. The number of amides is 2. The maximum atomic E-state index is 11.2. The van der Waals surface area contributed by atoms with E-state index in [1.165, 1.54) is 19.3 Å². The van der Waals surface area contributed by atoms with Gasteiger partial charge in [0.05, 0.1) is 0 Å². The van der Waals surface area contributed by atoms with Crippen LogP contribution in [0.25, 0.3) is 0 Å². The third kappa shape index (κ3) is 8.17. The molecule has 0 bridgehead atoms. The Bertz CT molecular complexity index is 153. The molecule has 0 aromatic rings. The molecule has 0 spiro atoms. The van der Waals surface area contributed by atoms with Gasteiger partial charge in [0.25, 0.3) is 0 Å². The van der Waals surface area contributed by atoms with Crippen molar-refractivity contribution in [2.45, 2.75) is 45.6 Å². The Kier molecular flexibility index (Phi) is 8.84. The molecule has 0 aromatic carbocycles. The van der Waals surface area contributed by atoms with Crippen molar-refractivity contribution in [3.05, 3.63) is 0 Å². The molecule has 0 fully saturated rings. The van der Waals surface area contributed by atoms with Gasteiger partial charge in [-0.1, -0.05) is 26.2 Å². The molecule has 0 aliphatic heterocycles. The first-order valence-corrected chi connectivity index (χ1v) is 5.84. The van der Waals surface area contributed by atoms with E-state index in [9.17, 15) is 4.79 Å². The van der Waals surface area contributed by atoms with E-state index < -0.39 is 0 Å². The van der Waals surface area contributed by atoms with Crippen LogP contribution in [0.3, 0.4) is 0 Å². The fraction of sp³-hybridized carbons (Fsp3) is 0.900. The first-order valence-electron chi connectivity index (χ1n) is 5.31. The third-order valence-electron chi connectivity index (χ3n) is 2.00. The van der Waals surface area contributed by atoms with Crippen LogP contribution in [0.1, 0.15) is 39.5 Å². The van der Waals surface area contributed by atoms with Gasteiger partial charge in [-0.25, -0.2) is 4.79 Å². The monoisotopic (exact) mass is 220 g/mol. The van der Waals surface area contributed by atoms with Crippen LogP contribution in [0, 0.1) is 0 Å². The number of hydrogen-bond donors (Lipinski definition) is 2. The van der Waals surface area contributed by atoms with Crippen LogP contribution in [0.5, 0.6) is 0 Å². The van der Waals surface area contributed by atoms with Gasteiger partial charge in [-0.3, -0.25) is 0 Å². The lowest BCUT2D eigenvalue weighted by molar-refractivity contribution is 0.237. The smallest absolute Gasteiger partial charge is 0.315 e. The molecule has 14 heavy (non-hydrogen) atoms. The van der Waals surface area contributed by atoms with Gasteiger partial charge in [-0.2, -0.15) is 0 Å². The lowest BCUT2D eigenvalue weighted by Crippen LogP contribution is -2.41. The summed E-state index contributed by atoms with van der Waals surface area (Å²) < 4.78 is 0. The second-order valence-corrected chi connectivity index (χ2v) is 3.86. The quantitative estimate of drug-likeness (QED) is 0.503. The van der Waals surface area contributed by atoms with Crippen LogP contribution in [-0.4, -0.2) is 24.5 Å². The number of alkyl halides is 1. The Hall–Kier alpha value is -0.440. The number of carbonyl (C=O) groups is 1. The molecule has 0 radical (unpaired) electrons. The van der Waals surface area contributed by atoms with E-state index in [2.05, 4.69) is 17.6 Å². The van der Waals surface area contributed by atoms with Crippen LogP contribution in [-0.2, 0) is 0 Å². The zero-order valence-electron chi connectivity index (χ0n) is 9.11. The summed E-state index contributed by atoms with van der Waals surface area (Å²) in [6.07, 6.45) is 4.66. The molecule has 4 heteroatoms. The second kappa shape index (κ2) is 9.13. The Morgan fingerprint density at radius 2 is 2.14 bits per heavy atom. The normalized spacial score (nSPS) is 12.2. The topological polar surface area (TPSA) is 41.1 Å². The Balaban J connectivity index is 3.40. The standard InChI is InChI=1S/C10H21ClN2O/c1-3-4-5-6-9(2)13-10(14)12-8-7-11/h9H,3-8H2,1-2H3,(H2,12,13,14). The lowest BCUT2D eigenvalue weighted by Gasteiger charge is -2.13. The average Bonchev–Trinajstić information content (AvgIpc) is 2.15. The fourth-order valence-electron chi connectivity index (χ4n) is 1.21. The SMILES string of the molecule is CCCCCC(C)NC(=O)NCCCl. The van der Waals surface area contributed by atoms with Crippen molar-refractivity contribution >= 4 is 17.6 Å². The van der Waals surface area contributed by atoms with Gasteiger partial charge in [0.15, 0.2) is 0 Å². The fourth-order valence-corrected chi connectivity index (χ4v) is 1.30. The number of unbranched alkanes of at least 4 members (excludes halogenated alkanes) is 2. The number of rotatable bonds is 7. The zero-order valence-corrected chi connectivity index (χ0v) is 9.86. The minimum Gasteiger partial charge on any atom is -0.337 e. The van der Waals surface area contributed by atoms with Crippen LogP contribution in [0.15, 0.2) is 0 Å². The molecule has 0 aliphatic carbocycles. The van der Waals surface area contributed by atoms with Gasteiger partial charge < -0.3 is 10.6 Å². The Morgan fingerprint density at radius 1 is 1.43 bits per heavy atom. The summed E-state index contributed by atoms with van der Waals surface area (Å²) in [5, 5.41) is 5.54. The van der Waals surface area contributed by atoms with Gasteiger partial charge in [-0.05, 0) is 13.3 Å². The second-order valence-electron chi connectivity index (χ2n) is 3.49. The third-order valence-corrected chi connectivity index (χ3v) is 2.19. The molecule has 3 nitrogen and oxygen atoms in total. The summed E-state index contributed by atoms with van der Waals surface area (Å²) in [7, 11) is 0. The van der Waals surface area contributed by atoms with E-state index in [0.29, 0.717) is 12.4 Å². The van der Waals surface area contributed by atoms with Gasteiger partial charge in [0.1, 0.15) is 0 Å². The molecule has 0 saturated heterocycles. The molecule has 1 atom stereocenters. The van der Waals surface area contributed by atoms with E-state index in [-0.39, 0.29) is 12.1 Å².